The number of aromatic amines is 1. The van der Waals surface area contributed by atoms with Crippen LogP contribution < -0.4 is 5.32 Å². The summed E-state index contributed by atoms with van der Waals surface area (Å²) in [7, 11) is 0. The van der Waals surface area contributed by atoms with Crippen molar-refractivity contribution in [3.8, 4) is 0 Å². The lowest BCUT2D eigenvalue weighted by atomic mass is 10.0. The van der Waals surface area contributed by atoms with E-state index in [4.69, 9.17) is 9.84 Å². The Balaban J connectivity index is 1.59. The summed E-state index contributed by atoms with van der Waals surface area (Å²) in [4.78, 5) is 18.5. The van der Waals surface area contributed by atoms with Gasteiger partial charge in [0.2, 0.25) is 0 Å². The molecule has 1 aromatic heterocycles. The Labute approximate surface area is 159 Å². The average Bonchev–Trinajstić information content (AvgIpc) is 3.46. The maximum atomic E-state index is 13.2. The predicted octanol–water partition coefficient (Wildman–Crippen LogP) is 1.87. The number of nitrogens with zero attached hydrogens (tertiary/aromatic N) is 1. The molecular formula is C21H30N3O3+. The van der Waals surface area contributed by atoms with Crippen molar-refractivity contribution in [3.05, 3.63) is 35.5 Å². The van der Waals surface area contributed by atoms with E-state index in [2.05, 4.69) is 46.5 Å². The molecule has 1 aliphatic heterocycles. The van der Waals surface area contributed by atoms with Crippen molar-refractivity contribution in [3.63, 3.8) is 0 Å². The van der Waals surface area contributed by atoms with Crippen LogP contribution in [0.25, 0.3) is 10.9 Å². The molecule has 2 fully saturated rings. The molecule has 6 nitrogen and oxygen atoms in total. The number of hydrogen-bond acceptors (Lipinski definition) is 3. The third-order valence-electron chi connectivity index (χ3n) is 5.71. The molecule has 0 spiro atoms. The van der Waals surface area contributed by atoms with E-state index >= 15 is 0 Å². The molecule has 146 valence electrons. The van der Waals surface area contributed by atoms with Crippen LogP contribution in [0, 0.1) is 0 Å². The molecule has 1 saturated heterocycles. The quantitative estimate of drug-likeness (QED) is 0.728. The Kier molecular flexibility index (Phi) is 5.48. The molecule has 1 unspecified atom stereocenters. The summed E-state index contributed by atoms with van der Waals surface area (Å²) in [5, 5.41) is 11.9. The second kappa shape index (κ2) is 8.00. The van der Waals surface area contributed by atoms with E-state index in [0.29, 0.717) is 25.8 Å². The fourth-order valence-electron chi connectivity index (χ4n) is 4.03. The van der Waals surface area contributed by atoms with Gasteiger partial charge in [-0.05, 0) is 49.4 Å². The summed E-state index contributed by atoms with van der Waals surface area (Å²) < 4.78 is 5.73. The number of fused-ring (bicyclic) bond motifs is 1. The van der Waals surface area contributed by atoms with Crippen LogP contribution in [-0.4, -0.2) is 59.3 Å². The first-order chi connectivity index (χ1) is 13.2. The number of hydrogen-bond donors (Lipinski definition) is 2. The van der Waals surface area contributed by atoms with E-state index < -0.39 is 0 Å². The first-order valence-corrected chi connectivity index (χ1v) is 10.1. The lowest BCUT2D eigenvalue weighted by Crippen LogP contribution is -2.50. The number of aromatic nitrogens is 1. The highest BCUT2D eigenvalue weighted by atomic mass is 16.5. The second-order valence-corrected chi connectivity index (χ2v) is 7.69. The molecule has 2 aromatic rings. The lowest BCUT2D eigenvalue weighted by molar-refractivity contribution is -0.148. The minimum Gasteiger partial charge on any atom is -0.445 e. The van der Waals surface area contributed by atoms with Gasteiger partial charge in [0.15, 0.2) is 0 Å². The summed E-state index contributed by atoms with van der Waals surface area (Å²) in [6.45, 7) is 4.58. The summed E-state index contributed by atoms with van der Waals surface area (Å²) in [5.74, 6) is 0.112. The monoisotopic (exact) mass is 372 g/mol. The number of ether oxygens (including phenoxy) is 1. The largest absolute Gasteiger partial charge is 0.445 e. The Morgan fingerprint density at radius 1 is 1.41 bits per heavy atom. The van der Waals surface area contributed by atoms with Gasteiger partial charge in [-0.25, -0.2) is 0 Å². The number of carbonyl (C=O) groups is 1. The van der Waals surface area contributed by atoms with E-state index in [1.165, 1.54) is 16.5 Å². The van der Waals surface area contributed by atoms with Crippen molar-refractivity contribution < 1.29 is 14.6 Å². The molecule has 27 heavy (non-hydrogen) atoms. The smallest absolute Gasteiger partial charge is 0.253 e. The van der Waals surface area contributed by atoms with Crippen molar-refractivity contribution in [1.29, 1.82) is 0 Å². The third kappa shape index (κ3) is 3.88. The lowest BCUT2D eigenvalue weighted by Gasteiger charge is -2.34. The van der Waals surface area contributed by atoms with Gasteiger partial charge in [-0.2, -0.15) is 0 Å². The number of aryl methyl sites for hydroxylation is 1. The summed E-state index contributed by atoms with van der Waals surface area (Å²) in [5.41, 5.74) is 3.55. The summed E-state index contributed by atoms with van der Waals surface area (Å²) in [6, 6.07) is 6.82. The molecular weight excluding hydrogens is 342 g/mol. The number of carbonyl (C=O) groups excluding carboxylic acids is 1. The molecule has 1 saturated carbocycles. The minimum atomic E-state index is -0.370. The van der Waals surface area contributed by atoms with Crippen LogP contribution >= 0.6 is 0 Å². The van der Waals surface area contributed by atoms with Crippen molar-refractivity contribution in [2.75, 3.05) is 26.3 Å². The van der Waals surface area contributed by atoms with Gasteiger partial charge in [-0.3, -0.25) is 4.79 Å². The number of H-pyrrole nitrogens is 1. The first kappa shape index (κ1) is 18.5. The Morgan fingerprint density at radius 2 is 2.26 bits per heavy atom. The van der Waals surface area contributed by atoms with Crippen molar-refractivity contribution >= 4 is 16.8 Å². The number of amides is 1. The molecule has 2 aliphatic rings. The number of benzene rings is 1. The zero-order chi connectivity index (χ0) is 18.8. The fraction of sp³-hybridized carbons (Fsp3) is 0.571. The summed E-state index contributed by atoms with van der Waals surface area (Å²) in [6.07, 6.45) is 5.62. The van der Waals surface area contributed by atoms with Gasteiger partial charge < -0.3 is 25.0 Å². The maximum absolute atomic E-state index is 13.2. The van der Waals surface area contributed by atoms with Gasteiger partial charge in [0.25, 0.3) is 5.91 Å². The van der Waals surface area contributed by atoms with E-state index in [-0.39, 0.29) is 18.1 Å². The van der Waals surface area contributed by atoms with Gasteiger partial charge in [-0.1, -0.05) is 6.07 Å². The Bertz CT molecular complexity index is 793. The molecule has 1 aromatic carbocycles. The van der Waals surface area contributed by atoms with Gasteiger partial charge in [-0.15, -0.1) is 0 Å². The summed E-state index contributed by atoms with van der Waals surface area (Å²) >= 11 is 0. The van der Waals surface area contributed by atoms with Crippen molar-refractivity contribution in [2.24, 2.45) is 0 Å². The Morgan fingerprint density at radius 3 is 2.96 bits per heavy atom. The van der Waals surface area contributed by atoms with Crippen LogP contribution in [0.5, 0.6) is 0 Å². The zero-order valence-electron chi connectivity index (χ0n) is 16.0. The van der Waals surface area contributed by atoms with Crippen molar-refractivity contribution in [2.45, 2.75) is 50.8 Å². The van der Waals surface area contributed by atoms with Gasteiger partial charge in [0, 0.05) is 42.7 Å². The van der Waals surface area contributed by atoms with Gasteiger partial charge in [0.05, 0.1) is 12.6 Å². The topological polar surface area (TPSA) is 80.3 Å². The standard InChI is InChI=1S/C21H29N3O3/c1-14(24(17-5-6-17)21(26)20-13-22-8-10-27-20)15-4-7-19-18(11-15)16(12-23-19)3-2-9-25/h4,7,11-12,14,17,20,22-23,25H,2-3,5-6,8-10,13H2,1H3/p+1/t14?,20-/m1/s1. The molecule has 6 heteroatoms. The predicted molar refractivity (Wildman–Crippen MR) is 106 cm³/mol. The highest BCUT2D eigenvalue weighted by Gasteiger charge is 2.39. The van der Waals surface area contributed by atoms with Crippen LogP contribution in [0.1, 0.15) is 43.4 Å². The SMILES string of the molecule is CC(c1ccc2[nH]cc(CCC[OH2+])c2c1)N(C(=O)[C@H]1CNCCO1)C1CC1. The molecule has 0 bridgehead atoms. The van der Waals surface area contributed by atoms with Gasteiger partial charge in [0.1, 0.15) is 12.7 Å². The minimum absolute atomic E-state index is 0.0267. The van der Waals surface area contributed by atoms with E-state index in [1.54, 1.807) is 0 Å². The molecule has 1 aliphatic carbocycles. The molecule has 4 N–H and O–H groups in total. The number of rotatable bonds is 7. The van der Waals surface area contributed by atoms with Crippen molar-refractivity contribution in [1.82, 2.24) is 15.2 Å². The van der Waals surface area contributed by atoms with Crippen LogP contribution in [0.4, 0.5) is 0 Å². The molecule has 1 amide bonds. The maximum Gasteiger partial charge on any atom is 0.253 e. The van der Waals surface area contributed by atoms with Crippen LogP contribution in [0.2, 0.25) is 0 Å². The molecule has 0 radical (unpaired) electrons. The first-order valence-electron chi connectivity index (χ1n) is 10.1. The van der Waals surface area contributed by atoms with Crippen LogP contribution in [0.3, 0.4) is 0 Å². The zero-order valence-corrected chi connectivity index (χ0v) is 16.0. The van der Waals surface area contributed by atoms with E-state index in [1.807, 2.05) is 0 Å². The molecule has 2 atom stereocenters. The average molecular weight is 372 g/mol. The second-order valence-electron chi connectivity index (χ2n) is 7.69. The number of morpholine rings is 1. The normalized spacial score (nSPS) is 21.3. The fourth-order valence-corrected chi connectivity index (χ4v) is 4.03. The molecule has 2 heterocycles. The van der Waals surface area contributed by atoms with Gasteiger partial charge >= 0.3 is 0 Å². The van der Waals surface area contributed by atoms with E-state index in [0.717, 1.165) is 37.7 Å². The highest BCUT2D eigenvalue weighted by molar-refractivity contribution is 5.85. The van der Waals surface area contributed by atoms with E-state index in [9.17, 15) is 4.79 Å². The third-order valence-corrected chi connectivity index (χ3v) is 5.71. The molecule has 4 rings (SSSR count). The number of nitrogens with one attached hydrogen (secondary N) is 2. The highest BCUT2D eigenvalue weighted by Crippen LogP contribution is 2.36. The van der Waals surface area contributed by atoms with Crippen LogP contribution in [-0.2, 0) is 16.0 Å². The Hall–Kier alpha value is -1.89. The van der Waals surface area contributed by atoms with Crippen LogP contribution in [0.15, 0.2) is 24.4 Å².